The van der Waals surface area contributed by atoms with Gasteiger partial charge in [-0.25, -0.2) is 9.59 Å². The molecule has 1 aliphatic rings. The summed E-state index contributed by atoms with van der Waals surface area (Å²) in [4.78, 5) is 22.9. The van der Waals surface area contributed by atoms with Crippen LogP contribution in [0.3, 0.4) is 0 Å². The third kappa shape index (κ3) is 5.34. The second kappa shape index (κ2) is 8.06. The van der Waals surface area contributed by atoms with Crippen LogP contribution in [-0.2, 0) is 14.3 Å². The molecule has 0 radical (unpaired) electrons. The van der Waals surface area contributed by atoms with E-state index >= 15 is 0 Å². The van der Waals surface area contributed by atoms with Crippen molar-refractivity contribution >= 4 is 12.0 Å². The van der Waals surface area contributed by atoms with Crippen LogP contribution in [0.5, 0.6) is 0 Å². The molecule has 0 aromatic heterocycles. The topological polar surface area (TPSA) is 96.9 Å². The molecule has 116 valence electrons. The fraction of sp³-hybridized carbons (Fsp3) is 0.846. The molecular formula is C13H24N2O5. The number of nitrogens with one attached hydrogen (secondary N) is 2. The molecule has 1 saturated carbocycles. The summed E-state index contributed by atoms with van der Waals surface area (Å²) in [5.41, 5.74) is -1.17. The first-order valence-electron chi connectivity index (χ1n) is 6.86. The SMILES string of the molecule is COCCOCCCNC(=O)NC(C)(C(=O)O)C1CC1. The Morgan fingerprint density at radius 3 is 2.55 bits per heavy atom. The monoisotopic (exact) mass is 288 g/mol. The van der Waals surface area contributed by atoms with Gasteiger partial charge in [-0.1, -0.05) is 0 Å². The predicted molar refractivity (Wildman–Crippen MR) is 72.6 cm³/mol. The summed E-state index contributed by atoms with van der Waals surface area (Å²) in [7, 11) is 1.61. The minimum absolute atomic E-state index is 0.0307. The largest absolute Gasteiger partial charge is 0.480 e. The highest BCUT2D eigenvalue weighted by Gasteiger charge is 2.48. The predicted octanol–water partition coefficient (Wildman–Crippen LogP) is 0.592. The zero-order chi connectivity index (χ0) is 15.0. The summed E-state index contributed by atoms with van der Waals surface area (Å²) in [6.45, 7) is 3.61. The van der Waals surface area contributed by atoms with Gasteiger partial charge in [0.1, 0.15) is 5.54 Å². The van der Waals surface area contributed by atoms with Crippen LogP contribution in [0.15, 0.2) is 0 Å². The lowest BCUT2D eigenvalue weighted by Gasteiger charge is -2.26. The summed E-state index contributed by atoms with van der Waals surface area (Å²) >= 11 is 0. The highest BCUT2D eigenvalue weighted by Crippen LogP contribution is 2.39. The molecule has 1 rings (SSSR count). The molecule has 1 fully saturated rings. The second-order valence-corrected chi connectivity index (χ2v) is 5.12. The van der Waals surface area contributed by atoms with Crippen molar-refractivity contribution in [1.29, 1.82) is 0 Å². The average Bonchev–Trinajstić information content (AvgIpc) is 3.21. The van der Waals surface area contributed by atoms with E-state index < -0.39 is 17.5 Å². The van der Waals surface area contributed by atoms with E-state index in [1.54, 1.807) is 14.0 Å². The number of carboxylic acid groups (broad SMARTS) is 1. The van der Waals surface area contributed by atoms with Crippen LogP contribution in [0.2, 0.25) is 0 Å². The molecule has 7 nitrogen and oxygen atoms in total. The zero-order valence-electron chi connectivity index (χ0n) is 12.1. The number of methoxy groups -OCH3 is 1. The molecule has 20 heavy (non-hydrogen) atoms. The Labute approximate surface area is 119 Å². The van der Waals surface area contributed by atoms with Crippen molar-refractivity contribution in [2.45, 2.75) is 31.7 Å². The fourth-order valence-corrected chi connectivity index (χ4v) is 1.89. The number of hydrogen-bond acceptors (Lipinski definition) is 4. The number of carbonyl (C=O) groups excluding carboxylic acids is 1. The summed E-state index contributed by atoms with van der Waals surface area (Å²) in [5, 5.41) is 14.4. The van der Waals surface area contributed by atoms with Crippen LogP contribution in [0, 0.1) is 5.92 Å². The van der Waals surface area contributed by atoms with Crippen molar-refractivity contribution in [2.24, 2.45) is 5.92 Å². The van der Waals surface area contributed by atoms with Crippen molar-refractivity contribution in [2.75, 3.05) is 33.5 Å². The van der Waals surface area contributed by atoms with Gasteiger partial charge in [0.05, 0.1) is 13.2 Å². The number of hydrogen-bond donors (Lipinski definition) is 3. The van der Waals surface area contributed by atoms with Crippen molar-refractivity contribution in [3.05, 3.63) is 0 Å². The lowest BCUT2D eigenvalue weighted by Crippen LogP contribution is -2.56. The first kappa shape index (κ1) is 16.7. The van der Waals surface area contributed by atoms with Gasteiger partial charge < -0.3 is 25.2 Å². The van der Waals surface area contributed by atoms with Gasteiger partial charge in [-0.3, -0.25) is 0 Å². The summed E-state index contributed by atoms with van der Waals surface area (Å²) in [6, 6.07) is -0.446. The number of carbonyl (C=O) groups is 2. The van der Waals surface area contributed by atoms with E-state index in [9.17, 15) is 14.7 Å². The lowest BCUT2D eigenvalue weighted by atomic mass is 9.96. The molecule has 0 aromatic carbocycles. The normalized spacial score (nSPS) is 17.3. The molecule has 1 unspecified atom stereocenters. The second-order valence-electron chi connectivity index (χ2n) is 5.12. The van der Waals surface area contributed by atoms with E-state index in [0.29, 0.717) is 32.8 Å². The molecule has 0 bridgehead atoms. The van der Waals surface area contributed by atoms with E-state index in [1.165, 1.54) is 0 Å². The molecule has 0 spiro atoms. The van der Waals surface area contributed by atoms with Crippen molar-refractivity contribution < 1.29 is 24.2 Å². The summed E-state index contributed by atoms with van der Waals surface area (Å²) in [6.07, 6.45) is 2.36. The van der Waals surface area contributed by atoms with Crippen LogP contribution in [0.4, 0.5) is 4.79 Å². The van der Waals surface area contributed by atoms with E-state index in [4.69, 9.17) is 9.47 Å². The van der Waals surface area contributed by atoms with E-state index in [0.717, 1.165) is 12.8 Å². The van der Waals surface area contributed by atoms with Gasteiger partial charge >= 0.3 is 12.0 Å². The molecule has 2 amide bonds. The molecular weight excluding hydrogens is 264 g/mol. The highest BCUT2D eigenvalue weighted by molar-refractivity contribution is 5.86. The molecule has 0 saturated heterocycles. The minimum atomic E-state index is -1.17. The highest BCUT2D eigenvalue weighted by atomic mass is 16.5. The Morgan fingerprint density at radius 2 is 2.00 bits per heavy atom. The Hall–Kier alpha value is -1.34. The number of rotatable bonds is 10. The molecule has 3 N–H and O–H groups in total. The number of urea groups is 1. The van der Waals surface area contributed by atoms with Gasteiger partial charge in [0.15, 0.2) is 0 Å². The fourth-order valence-electron chi connectivity index (χ4n) is 1.89. The minimum Gasteiger partial charge on any atom is -0.480 e. The van der Waals surface area contributed by atoms with Gasteiger partial charge in [-0.05, 0) is 32.1 Å². The molecule has 0 heterocycles. The third-order valence-corrected chi connectivity index (χ3v) is 3.39. The van der Waals surface area contributed by atoms with Crippen LogP contribution in [-0.4, -0.2) is 56.1 Å². The summed E-state index contributed by atoms with van der Waals surface area (Å²) < 4.78 is 10.1. The lowest BCUT2D eigenvalue weighted by molar-refractivity contribution is -0.144. The van der Waals surface area contributed by atoms with Gasteiger partial charge in [0, 0.05) is 20.3 Å². The number of amides is 2. The first-order valence-corrected chi connectivity index (χ1v) is 6.86. The Bertz CT molecular complexity index is 333. The number of carboxylic acids is 1. The van der Waals surface area contributed by atoms with E-state index in [-0.39, 0.29) is 5.92 Å². The van der Waals surface area contributed by atoms with Gasteiger partial charge in [0.2, 0.25) is 0 Å². The van der Waals surface area contributed by atoms with E-state index in [1.807, 2.05) is 0 Å². The van der Waals surface area contributed by atoms with E-state index in [2.05, 4.69) is 10.6 Å². The smallest absolute Gasteiger partial charge is 0.329 e. The standard InChI is InChI=1S/C13H24N2O5/c1-13(11(16)17,10-4-5-10)15-12(18)14-6-3-7-20-9-8-19-2/h10H,3-9H2,1-2H3,(H,16,17)(H2,14,15,18). The zero-order valence-corrected chi connectivity index (χ0v) is 12.1. The van der Waals surface area contributed by atoms with Crippen LogP contribution in [0.25, 0.3) is 0 Å². The van der Waals surface area contributed by atoms with Gasteiger partial charge in [-0.2, -0.15) is 0 Å². The molecule has 0 aromatic rings. The van der Waals surface area contributed by atoms with Crippen LogP contribution >= 0.6 is 0 Å². The van der Waals surface area contributed by atoms with Gasteiger partial charge in [0.25, 0.3) is 0 Å². The molecule has 7 heteroatoms. The average molecular weight is 288 g/mol. The molecule has 1 aliphatic carbocycles. The molecule has 0 aliphatic heterocycles. The summed E-state index contributed by atoms with van der Waals surface area (Å²) in [5.74, 6) is -0.957. The van der Waals surface area contributed by atoms with Crippen molar-refractivity contribution in [3.8, 4) is 0 Å². The maximum Gasteiger partial charge on any atom is 0.329 e. The molecule has 1 atom stereocenters. The Balaban J connectivity index is 2.15. The van der Waals surface area contributed by atoms with Crippen LogP contribution in [0.1, 0.15) is 26.2 Å². The Kier molecular flexibility index (Phi) is 6.74. The quantitative estimate of drug-likeness (QED) is 0.511. The van der Waals surface area contributed by atoms with Crippen molar-refractivity contribution in [1.82, 2.24) is 10.6 Å². The van der Waals surface area contributed by atoms with Crippen molar-refractivity contribution in [3.63, 3.8) is 0 Å². The third-order valence-electron chi connectivity index (χ3n) is 3.39. The first-order chi connectivity index (χ1) is 9.50. The van der Waals surface area contributed by atoms with Crippen LogP contribution < -0.4 is 10.6 Å². The van der Waals surface area contributed by atoms with Gasteiger partial charge in [-0.15, -0.1) is 0 Å². The maximum atomic E-state index is 11.7. The number of ether oxygens (including phenoxy) is 2. The maximum absolute atomic E-state index is 11.7. The number of aliphatic carboxylic acids is 1. The Morgan fingerprint density at radius 1 is 1.30 bits per heavy atom.